The topological polar surface area (TPSA) is 196 Å². The van der Waals surface area contributed by atoms with E-state index in [1.165, 1.54) is 37.3 Å². The van der Waals surface area contributed by atoms with Crippen molar-refractivity contribution in [2.75, 3.05) is 26.6 Å². The van der Waals surface area contributed by atoms with Gasteiger partial charge in [-0.15, -0.1) is 0 Å². The smallest absolute Gasteiger partial charge is 0.348 e. The van der Waals surface area contributed by atoms with Crippen molar-refractivity contribution in [2.24, 2.45) is 5.41 Å². The number of aliphatic hydroxyl groups is 2. The molecule has 6 unspecified atom stereocenters. The standard InChI is InChI=1S/C30H36N2O12/c1-16(34)23(27(37)31-10-11-33)32-26(36)19-12-20-24(42-15-41-20)21(13-19)43-28(38)18-7-4-17(5-8-18)6-9-22(35)44-25-29(39)40-14-30(25,2)3/h4-9,12,16,20-21,23-25,33-34H,10-11,13-15H2,1-3H3,(H,31,37)(H,32,36). The van der Waals surface area contributed by atoms with Gasteiger partial charge in [-0.3, -0.25) is 9.59 Å². The van der Waals surface area contributed by atoms with Gasteiger partial charge in [-0.25, -0.2) is 14.4 Å². The molecule has 0 bridgehead atoms. The zero-order valence-electron chi connectivity index (χ0n) is 24.5. The molecule has 2 aliphatic heterocycles. The van der Waals surface area contributed by atoms with Crippen LogP contribution in [0.2, 0.25) is 0 Å². The SMILES string of the molecule is CC(O)C(NC(=O)C1=CC2OCOC2C(OC(=O)c2ccc(C=CC(=O)OC3C(=O)OCC3(C)C)cc2)C1)C(=O)NCCO. The molecule has 238 valence electrons. The Morgan fingerprint density at radius 1 is 1.14 bits per heavy atom. The number of amides is 2. The molecule has 1 aromatic carbocycles. The minimum absolute atomic E-state index is 0.0405. The summed E-state index contributed by atoms with van der Waals surface area (Å²) in [7, 11) is 0. The van der Waals surface area contributed by atoms with Crippen molar-refractivity contribution < 1.29 is 57.9 Å². The van der Waals surface area contributed by atoms with E-state index < -0.39 is 71.7 Å². The van der Waals surface area contributed by atoms with Gasteiger partial charge in [0.15, 0.2) is 0 Å². The van der Waals surface area contributed by atoms with Gasteiger partial charge in [-0.1, -0.05) is 26.0 Å². The molecule has 1 aliphatic carbocycles. The van der Waals surface area contributed by atoms with Gasteiger partial charge in [0.1, 0.15) is 37.8 Å². The van der Waals surface area contributed by atoms with Crippen molar-refractivity contribution in [1.29, 1.82) is 0 Å². The Hall–Kier alpha value is -4.11. The van der Waals surface area contributed by atoms with Gasteiger partial charge in [0.2, 0.25) is 17.9 Å². The summed E-state index contributed by atoms with van der Waals surface area (Å²) in [5, 5.41) is 23.9. The minimum atomic E-state index is -1.28. The van der Waals surface area contributed by atoms with Gasteiger partial charge in [0, 0.05) is 30.0 Å². The molecule has 2 fully saturated rings. The molecule has 0 spiro atoms. The Bertz CT molecular complexity index is 1320. The average molecular weight is 617 g/mol. The van der Waals surface area contributed by atoms with E-state index in [-0.39, 0.29) is 44.1 Å². The van der Waals surface area contributed by atoms with E-state index >= 15 is 0 Å². The molecule has 4 N–H and O–H groups in total. The number of ether oxygens (including phenoxy) is 5. The van der Waals surface area contributed by atoms with Crippen molar-refractivity contribution in [3.63, 3.8) is 0 Å². The van der Waals surface area contributed by atoms with Crippen molar-refractivity contribution in [3.05, 3.63) is 53.1 Å². The number of benzene rings is 1. The molecule has 44 heavy (non-hydrogen) atoms. The molecule has 14 heteroatoms. The van der Waals surface area contributed by atoms with E-state index in [2.05, 4.69) is 10.6 Å². The number of hydrogen-bond acceptors (Lipinski definition) is 12. The molecule has 3 aliphatic rings. The highest BCUT2D eigenvalue weighted by molar-refractivity contribution is 5.98. The monoisotopic (exact) mass is 616 g/mol. The summed E-state index contributed by atoms with van der Waals surface area (Å²) in [4.78, 5) is 62.5. The first kappa shape index (κ1) is 32.8. The lowest BCUT2D eigenvalue weighted by Crippen LogP contribution is -2.54. The largest absolute Gasteiger partial charge is 0.462 e. The Kier molecular flexibility index (Phi) is 10.5. The van der Waals surface area contributed by atoms with Crippen LogP contribution in [0.15, 0.2) is 42.0 Å². The fourth-order valence-corrected chi connectivity index (χ4v) is 4.84. The Balaban J connectivity index is 1.36. The molecule has 0 saturated carbocycles. The molecule has 6 atom stereocenters. The number of nitrogens with one attached hydrogen (secondary N) is 2. The normalized spacial score (nSPS) is 25.3. The number of esters is 3. The Morgan fingerprint density at radius 2 is 1.86 bits per heavy atom. The van der Waals surface area contributed by atoms with Crippen LogP contribution in [-0.2, 0) is 42.9 Å². The summed E-state index contributed by atoms with van der Waals surface area (Å²) in [5.41, 5.74) is 0.325. The quantitative estimate of drug-likeness (QED) is 0.145. The summed E-state index contributed by atoms with van der Waals surface area (Å²) >= 11 is 0. The third-order valence-electron chi connectivity index (χ3n) is 7.31. The number of carbonyl (C=O) groups is 5. The lowest BCUT2D eigenvalue weighted by Gasteiger charge is -2.31. The second-order valence-electron chi connectivity index (χ2n) is 11.3. The zero-order chi connectivity index (χ0) is 32.0. The van der Waals surface area contributed by atoms with E-state index in [0.29, 0.717) is 5.56 Å². The molecule has 2 amide bonds. The summed E-state index contributed by atoms with van der Waals surface area (Å²) in [6, 6.07) is 4.89. The lowest BCUT2D eigenvalue weighted by atomic mass is 9.90. The van der Waals surface area contributed by atoms with E-state index in [4.69, 9.17) is 28.8 Å². The molecule has 2 heterocycles. The van der Waals surface area contributed by atoms with Crippen LogP contribution in [0.4, 0.5) is 0 Å². The third kappa shape index (κ3) is 7.88. The molecule has 0 radical (unpaired) electrons. The van der Waals surface area contributed by atoms with Crippen molar-refractivity contribution >= 4 is 35.8 Å². The maximum atomic E-state index is 13.1. The number of rotatable bonds is 11. The van der Waals surface area contributed by atoms with Crippen LogP contribution in [0.5, 0.6) is 0 Å². The minimum Gasteiger partial charge on any atom is -0.462 e. The van der Waals surface area contributed by atoms with Gasteiger partial charge in [0.05, 0.1) is 18.3 Å². The summed E-state index contributed by atoms with van der Waals surface area (Å²) in [6.45, 7) is 4.60. The Morgan fingerprint density at radius 3 is 2.50 bits per heavy atom. The summed E-state index contributed by atoms with van der Waals surface area (Å²) in [5.74, 6) is -3.32. The van der Waals surface area contributed by atoms with E-state index in [0.717, 1.165) is 0 Å². The Labute approximate surface area is 253 Å². The van der Waals surface area contributed by atoms with E-state index in [1.807, 2.05) is 0 Å². The predicted molar refractivity (Wildman–Crippen MR) is 150 cm³/mol. The number of aliphatic hydroxyl groups excluding tert-OH is 2. The maximum absolute atomic E-state index is 13.1. The maximum Gasteiger partial charge on any atom is 0.348 e. The first-order valence-corrected chi connectivity index (χ1v) is 14.1. The molecular weight excluding hydrogens is 580 g/mol. The molecule has 2 saturated heterocycles. The number of cyclic esters (lactones) is 1. The first-order chi connectivity index (χ1) is 20.9. The highest BCUT2D eigenvalue weighted by atomic mass is 16.7. The van der Waals surface area contributed by atoms with Gasteiger partial charge in [-0.05, 0) is 36.8 Å². The van der Waals surface area contributed by atoms with Gasteiger partial charge in [0.25, 0.3) is 0 Å². The average Bonchev–Trinajstić information content (AvgIpc) is 3.57. The first-order valence-electron chi connectivity index (χ1n) is 14.1. The number of fused-ring (bicyclic) bond motifs is 1. The molecule has 0 aromatic heterocycles. The van der Waals surface area contributed by atoms with Crippen LogP contribution in [0.25, 0.3) is 6.08 Å². The van der Waals surface area contributed by atoms with Crippen LogP contribution in [0.1, 0.15) is 43.1 Å². The van der Waals surface area contributed by atoms with Crippen LogP contribution in [-0.4, -0.2) is 103 Å². The fraction of sp³-hybridized carbons (Fsp3) is 0.500. The van der Waals surface area contributed by atoms with Crippen LogP contribution in [0, 0.1) is 5.41 Å². The summed E-state index contributed by atoms with van der Waals surface area (Å²) in [6.07, 6.45) is -0.322. The molecule has 1 aromatic rings. The second-order valence-corrected chi connectivity index (χ2v) is 11.3. The highest BCUT2D eigenvalue weighted by Gasteiger charge is 2.46. The molecular formula is C30H36N2O12. The number of hydrogen-bond donors (Lipinski definition) is 4. The van der Waals surface area contributed by atoms with Crippen LogP contribution < -0.4 is 10.6 Å². The predicted octanol–water partition coefficient (Wildman–Crippen LogP) is -0.234. The summed E-state index contributed by atoms with van der Waals surface area (Å²) < 4.78 is 27.1. The van der Waals surface area contributed by atoms with Gasteiger partial charge >= 0.3 is 17.9 Å². The van der Waals surface area contributed by atoms with Crippen molar-refractivity contribution in [2.45, 2.75) is 63.8 Å². The molecule has 4 rings (SSSR count). The lowest BCUT2D eigenvalue weighted by molar-refractivity contribution is -0.159. The van der Waals surface area contributed by atoms with Crippen molar-refractivity contribution in [3.8, 4) is 0 Å². The number of carbonyl (C=O) groups excluding carboxylic acids is 5. The molecule has 14 nitrogen and oxygen atoms in total. The van der Waals surface area contributed by atoms with Crippen LogP contribution in [0.3, 0.4) is 0 Å². The third-order valence-corrected chi connectivity index (χ3v) is 7.31. The zero-order valence-corrected chi connectivity index (χ0v) is 24.5. The van der Waals surface area contributed by atoms with E-state index in [9.17, 15) is 29.1 Å². The van der Waals surface area contributed by atoms with Crippen molar-refractivity contribution in [1.82, 2.24) is 10.6 Å². The fourth-order valence-electron chi connectivity index (χ4n) is 4.84. The highest BCUT2D eigenvalue weighted by Crippen LogP contribution is 2.32. The van der Waals surface area contributed by atoms with Gasteiger partial charge < -0.3 is 44.5 Å². The van der Waals surface area contributed by atoms with Crippen LogP contribution >= 0.6 is 0 Å². The van der Waals surface area contributed by atoms with Gasteiger partial charge in [-0.2, -0.15) is 0 Å². The van der Waals surface area contributed by atoms with E-state index in [1.54, 1.807) is 26.0 Å². The second kappa shape index (κ2) is 14.1.